The van der Waals surface area contributed by atoms with Crippen LogP contribution in [-0.2, 0) is 28.6 Å². The van der Waals surface area contributed by atoms with Gasteiger partial charge in [0, 0.05) is 19.3 Å². The zero-order chi connectivity index (χ0) is 59.2. The van der Waals surface area contributed by atoms with Gasteiger partial charge in [0.15, 0.2) is 6.10 Å². The average molecular weight is 1150 g/mol. The fourth-order valence-corrected chi connectivity index (χ4v) is 11.0. The van der Waals surface area contributed by atoms with Crippen LogP contribution in [0.5, 0.6) is 0 Å². The van der Waals surface area contributed by atoms with Crippen LogP contribution in [0.2, 0.25) is 0 Å². The van der Waals surface area contributed by atoms with Gasteiger partial charge >= 0.3 is 17.9 Å². The van der Waals surface area contributed by atoms with E-state index < -0.39 is 6.10 Å². The number of allylic oxidation sites excluding steroid dienone is 8. The van der Waals surface area contributed by atoms with E-state index in [2.05, 4.69) is 69.4 Å². The molecule has 0 aromatic heterocycles. The van der Waals surface area contributed by atoms with Crippen molar-refractivity contribution in [2.45, 2.75) is 406 Å². The summed E-state index contributed by atoms with van der Waals surface area (Å²) in [6.07, 6.45) is 90.0. The molecule has 0 aromatic rings. The highest BCUT2D eigenvalue weighted by Crippen LogP contribution is 2.18. The molecule has 0 heterocycles. The minimum absolute atomic E-state index is 0.0708. The molecule has 6 heteroatoms. The molecule has 0 spiro atoms. The molecule has 0 aliphatic carbocycles. The van der Waals surface area contributed by atoms with E-state index in [-0.39, 0.29) is 31.1 Å². The number of hydrogen-bond donors (Lipinski definition) is 0. The Balaban J connectivity index is 4.24. The van der Waals surface area contributed by atoms with Crippen molar-refractivity contribution >= 4 is 17.9 Å². The summed E-state index contributed by atoms with van der Waals surface area (Å²) in [5.74, 6) is -0.849. The van der Waals surface area contributed by atoms with Gasteiger partial charge in [0.05, 0.1) is 0 Å². The molecule has 0 saturated carbocycles. The molecule has 0 aliphatic rings. The molecule has 0 bridgehead atoms. The summed E-state index contributed by atoms with van der Waals surface area (Å²) in [7, 11) is 0. The summed E-state index contributed by atoms with van der Waals surface area (Å²) in [5.41, 5.74) is 0. The van der Waals surface area contributed by atoms with Crippen LogP contribution in [-0.4, -0.2) is 37.2 Å². The van der Waals surface area contributed by atoms with Gasteiger partial charge < -0.3 is 14.2 Å². The lowest BCUT2D eigenvalue weighted by atomic mass is 10.0. The number of rotatable bonds is 68. The molecule has 1 unspecified atom stereocenters. The van der Waals surface area contributed by atoms with Crippen molar-refractivity contribution in [2.24, 2.45) is 0 Å². The minimum atomic E-state index is -0.776. The first kappa shape index (κ1) is 79.4. The third-order valence-electron chi connectivity index (χ3n) is 16.6. The van der Waals surface area contributed by atoms with Crippen LogP contribution in [0.3, 0.4) is 0 Å². The molecule has 1 atom stereocenters. The summed E-state index contributed by atoms with van der Waals surface area (Å²) in [6, 6.07) is 0. The molecule has 0 amide bonds. The van der Waals surface area contributed by atoms with Crippen molar-refractivity contribution in [3.05, 3.63) is 48.6 Å². The highest BCUT2D eigenvalue weighted by Gasteiger charge is 2.19. The highest BCUT2D eigenvalue weighted by molar-refractivity contribution is 5.71. The van der Waals surface area contributed by atoms with E-state index in [4.69, 9.17) is 14.2 Å². The molecule has 0 aromatic carbocycles. The van der Waals surface area contributed by atoms with E-state index in [1.54, 1.807) is 0 Å². The van der Waals surface area contributed by atoms with E-state index in [1.165, 1.54) is 283 Å². The summed E-state index contributed by atoms with van der Waals surface area (Å²) in [6.45, 7) is 6.68. The van der Waals surface area contributed by atoms with Crippen molar-refractivity contribution in [1.29, 1.82) is 0 Å². The quantitative estimate of drug-likeness (QED) is 0.0261. The van der Waals surface area contributed by atoms with E-state index >= 15 is 0 Å². The Hall–Kier alpha value is -2.63. The molecule has 0 radical (unpaired) electrons. The van der Waals surface area contributed by atoms with Crippen molar-refractivity contribution in [3.8, 4) is 0 Å². The maximum atomic E-state index is 13.0. The highest BCUT2D eigenvalue weighted by atomic mass is 16.6. The van der Waals surface area contributed by atoms with Gasteiger partial charge in [-0.3, -0.25) is 14.4 Å². The molecule has 0 fully saturated rings. The SMILES string of the molecule is CCCCCC/C=C\C/C=C\CCCCCCCCCC(=O)OC(COC(=O)CCCCCCCCCCCCCCCCCCC)COC(=O)CCCCCCCCCCCCCCCCCCC/C=C\C/C=C\CCCCCCC. The molecule has 82 heavy (non-hydrogen) atoms. The van der Waals surface area contributed by atoms with Gasteiger partial charge in [0.1, 0.15) is 13.2 Å². The summed E-state index contributed by atoms with van der Waals surface area (Å²) in [4.78, 5) is 38.5. The Morgan fingerprint density at radius 2 is 0.439 bits per heavy atom. The third-order valence-corrected chi connectivity index (χ3v) is 16.6. The predicted molar refractivity (Wildman–Crippen MR) is 358 cm³/mol. The normalized spacial score (nSPS) is 12.3. The van der Waals surface area contributed by atoms with Crippen LogP contribution in [0.15, 0.2) is 48.6 Å². The molecule has 6 nitrogen and oxygen atoms in total. The first-order valence-electron chi connectivity index (χ1n) is 36.6. The first-order valence-corrected chi connectivity index (χ1v) is 36.6. The monoisotopic (exact) mass is 1150 g/mol. The van der Waals surface area contributed by atoms with Gasteiger partial charge in [0.2, 0.25) is 0 Å². The van der Waals surface area contributed by atoms with Gasteiger partial charge in [-0.25, -0.2) is 0 Å². The van der Waals surface area contributed by atoms with Gasteiger partial charge in [-0.15, -0.1) is 0 Å². The molecule has 0 rings (SSSR count). The Kier molecular flexibility index (Phi) is 68.6. The van der Waals surface area contributed by atoms with Crippen LogP contribution >= 0.6 is 0 Å². The Morgan fingerprint density at radius 1 is 0.244 bits per heavy atom. The van der Waals surface area contributed by atoms with Gasteiger partial charge in [-0.1, -0.05) is 345 Å². The molecular weight excluding hydrogens is 1010 g/mol. The predicted octanol–water partition coefficient (Wildman–Crippen LogP) is 25.3. The standard InChI is InChI=1S/C76H140O6/c1-4-7-10-13-16-19-22-25-28-31-33-34-35-36-37-38-39-40-41-42-43-46-48-51-54-57-60-63-66-69-75(78)81-72-73(71-80-74(77)68-65-62-59-56-53-50-47-44-30-27-24-21-18-15-12-9-6-3)82-76(79)70-67-64-61-58-55-52-49-45-32-29-26-23-20-17-14-11-8-5-2/h20,22-23,25,29,31-33,73H,4-19,21,24,26-28,30,34-72H2,1-3H3/b23-20-,25-22-,32-29-,33-31-. The van der Waals surface area contributed by atoms with Crippen molar-refractivity contribution < 1.29 is 28.6 Å². The van der Waals surface area contributed by atoms with E-state index in [0.29, 0.717) is 19.3 Å². The van der Waals surface area contributed by atoms with E-state index in [9.17, 15) is 14.4 Å². The van der Waals surface area contributed by atoms with Crippen molar-refractivity contribution in [2.75, 3.05) is 13.2 Å². The topological polar surface area (TPSA) is 78.9 Å². The van der Waals surface area contributed by atoms with Crippen LogP contribution < -0.4 is 0 Å². The van der Waals surface area contributed by atoms with Gasteiger partial charge in [0.25, 0.3) is 0 Å². The first-order chi connectivity index (χ1) is 40.5. The summed E-state index contributed by atoms with van der Waals surface area (Å²) >= 11 is 0. The minimum Gasteiger partial charge on any atom is -0.462 e. The van der Waals surface area contributed by atoms with Crippen LogP contribution in [0.4, 0.5) is 0 Å². The number of unbranched alkanes of at least 4 members (excludes halogenated alkanes) is 49. The van der Waals surface area contributed by atoms with Crippen LogP contribution in [0, 0.1) is 0 Å². The van der Waals surface area contributed by atoms with Crippen molar-refractivity contribution in [3.63, 3.8) is 0 Å². The number of esters is 3. The molecule has 0 saturated heterocycles. The maximum Gasteiger partial charge on any atom is 0.306 e. The fourth-order valence-electron chi connectivity index (χ4n) is 11.0. The molecular formula is C76H140O6. The number of hydrogen-bond acceptors (Lipinski definition) is 6. The molecule has 480 valence electrons. The third kappa shape index (κ3) is 68.2. The number of ether oxygens (including phenoxy) is 3. The number of carbonyl (C=O) groups is 3. The van der Waals surface area contributed by atoms with Gasteiger partial charge in [-0.2, -0.15) is 0 Å². The smallest absolute Gasteiger partial charge is 0.306 e. The number of carbonyl (C=O) groups excluding carboxylic acids is 3. The largest absolute Gasteiger partial charge is 0.462 e. The van der Waals surface area contributed by atoms with Crippen molar-refractivity contribution in [1.82, 2.24) is 0 Å². The van der Waals surface area contributed by atoms with Crippen LogP contribution in [0.1, 0.15) is 400 Å². The lowest BCUT2D eigenvalue weighted by molar-refractivity contribution is -0.167. The second kappa shape index (κ2) is 70.9. The maximum absolute atomic E-state index is 13.0. The second-order valence-corrected chi connectivity index (χ2v) is 24.9. The van der Waals surface area contributed by atoms with E-state index in [1.807, 2.05) is 0 Å². The lowest BCUT2D eigenvalue weighted by Crippen LogP contribution is -2.30. The molecule has 0 N–H and O–H groups in total. The average Bonchev–Trinajstić information content (AvgIpc) is 3.47. The zero-order valence-electron chi connectivity index (χ0n) is 55.3. The van der Waals surface area contributed by atoms with E-state index in [0.717, 1.165) is 77.0 Å². The Labute approximate surface area is 511 Å². The lowest BCUT2D eigenvalue weighted by Gasteiger charge is -2.18. The Bertz CT molecular complexity index is 1410. The fraction of sp³-hybridized carbons (Fsp3) is 0.855. The zero-order valence-corrected chi connectivity index (χ0v) is 55.3. The summed E-state index contributed by atoms with van der Waals surface area (Å²) in [5, 5.41) is 0. The van der Waals surface area contributed by atoms with Crippen LogP contribution in [0.25, 0.3) is 0 Å². The van der Waals surface area contributed by atoms with Gasteiger partial charge in [-0.05, 0) is 83.5 Å². The Morgan fingerprint density at radius 3 is 0.683 bits per heavy atom. The summed E-state index contributed by atoms with van der Waals surface area (Å²) < 4.78 is 17.0. The second-order valence-electron chi connectivity index (χ2n) is 24.9. The molecule has 0 aliphatic heterocycles.